The minimum Gasteiger partial charge on any atom is -0.354 e. The first-order chi connectivity index (χ1) is 12.5. The van der Waals surface area contributed by atoms with Crippen molar-refractivity contribution in [2.24, 2.45) is 0 Å². The van der Waals surface area contributed by atoms with E-state index in [1.807, 2.05) is 30.3 Å². The molecular weight excluding hydrogens is 372 g/mol. The first-order valence-corrected chi connectivity index (χ1v) is 10.6. The van der Waals surface area contributed by atoms with Crippen LogP contribution < -0.4 is 5.32 Å². The molecule has 8 heteroatoms. The van der Waals surface area contributed by atoms with Crippen LogP contribution >= 0.6 is 11.8 Å². The van der Waals surface area contributed by atoms with Crippen LogP contribution in [0.4, 0.5) is 0 Å². The van der Waals surface area contributed by atoms with Gasteiger partial charge in [-0.15, -0.1) is 0 Å². The summed E-state index contributed by atoms with van der Waals surface area (Å²) in [5, 5.41) is 2.66. The van der Waals surface area contributed by atoms with E-state index in [-0.39, 0.29) is 10.5 Å². The molecule has 2 amide bonds. The van der Waals surface area contributed by atoms with Gasteiger partial charge in [0.15, 0.2) is 0 Å². The van der Waals surface area contributed by atoms with Crippen LogP contribution in [0, 0.1) is 0 Å². The number of carbonyl (C=O) groups is 2. The van der Waals surface area contributed by atoms with Crippen LogP contribution in [-0.2, 0) is 20.6 Å². The molecule has 1 heterocycles. The summed E-state index contributed by atoms with van der Waals surface area (Å²) in [5.41, 5.74) is 1.31. The summed E-state index contributed by atoms with van der Waals surface area (Å²) in [5.74, 6) is 0.385. The zero-order chi connectivity index (χ0) is 18.6. The van der Waals surface area contributed by atoms with Gasteiger partial charge < -0.3 is 5.32 Å². The molecule has 0 bridgehead atoms. The number of rotatable bonds is 7. The average Bonchev–Trinajstić information content (AvgIpc) is 2.83. The van der Waals surface area contributed by atoms with Crippen LogP contribution in [0.5, 0.6) is 0 Å². The molecule has 0 atom stereocenters. The molecular formula is C18H18N2O4S2. The van der Waals surface area contributed by atoms with Gasteiger partial charge in [0, 0.05) is 18.1 Å². The van der Waals surface area contributed by atoms with Gasteiger partial charge in [-0.2, -0.15) is 11.8 Å². The van der Waals surface area contributed by atoms with E-state index in [1.165, 1.54) is 17.7 Å². The van der Waals surface area contributed by atoms with E-state index in [4.69, 9.17) is 0 Å². The molecule has 1 aliphatic heterocycles. The predicted octanol–water partition coefficient (Wildman–Crippen LogP) is 1.88. The minimum atomic E-state index is -3.94. The highest BCUT2D eigenvalue weighted by molar-refractivity contribution is 7.98. The van der Waals surface area contributed by atoms with Crippen molar-refractivity contribution in [3.8, 4) is 0 Å². The highest BCUT2D eigenvalue weighted by Gasteiger charge is 2.41. The van der Waals surface area contributed by atoms with E-state index < -0.39 is 28.4 Å². The fraction of sp³-hybridized carbons (Fsp3) is 0.222. The Hall–Kier alpha value is -2.32. The summed E-state index contributed by atoms with van der Waals surface area (Å²) in [7, 11) is -3.94. The zero-order valence-corrected chi connectivity index (χ0v) is 15.6. The van der Waals surface area contributed by atoms with Gasteiger partial charge >= 0.3 is 0 Å². The molecule has 0 unspecified atom stereocenters. The van der Waals surface area contributed by atoms with E-state index in [2.05, 4.69) is 5.32 Å². The van der Waals surface area contributed by atoms with Crippen LogP contribution in [-0.4, -0.2) is 43.4 Å². The van der Waals surface area contributed by atoms with Crippen molar-refractivity contribution in [3.05, 3.63) is 65.7 Å². The number of thioether (sulfide) groups is 1. The van der Waals surface area contributed by atoms with Gasteiger partial charge in [0.2, 0.25) is 5.91 Å². The van der Waals surface area contributed by atoms with Crippen molar-refractivity contribution in [3.63, 3.8) is 0 Å². The van der Waals surface area contributed by atoms with Crippen LogP contribution in [0.25, 0.3) is 0 Å². The largest absolute Gasteiger partial charge is 0.354 e. The van der Waals surface area contributed by atoms with Crippen molar-refractivity contribution < 1.29 is 18.0 Å². The van der Waals surface area contributed by atoms with Gasteiger partial charge in [-0.1, -0.05) is 42.5 Å². The molecule has 136 valence electrons. The van der Waals surface area contributed by atoms with Gasteiger partial charge in [0.1, 0.15) is 11.4 Å². The normalized spacial score (nSPS) is 14.9. The lowest BCUT2D eigenvalue weighted by Gasteiger charge is -2.14. The summed E-state index contributed by atoms with van der Waals surface area (Å²) in [6.45, 7) is -0.0927. The van der Waals surface area contributed by atoms with E-state index in [1.54, 1.807) is 23.9 Å². The molecule has 0 saturated carbocycles. The Labute approximate surface area is 156 Å². The summed E-state index contributed by atoms with van der Waals surface area (Å²) in [4.78, 5) is 24.2. The standard InChI is InChI=1S/C18H18N2O4S2/c21-17(19-10-11-25-13-14-6-2-1-3-7-14)12-20-18(22)15-8-4-5-9-16(15)26(20,23)24/h1-9H,10-13H2,(H,19,21). The molecule has 0 radical (unpaired) electrons. The number of nitrogens with one attached hydrogen (secondary N) is 1. The highest BCUT2D eigenvalue weighted by Crippen LogP contribution is 2.29. The Kier molecular flexibility index (Phi) is 5.63. The van der Waals surface area contributed by atoms with E-state index in [0.29, 0.717) is 16.6 Å². The third-order valence-electron chi connectivity index (χ3n) is 3.88. The van der Waals surface area contributed by atoms with Gasteiger partial charge in [-0.05, 0) is 17.7 Å². The molecule has 2 aromatic carbocycles. The Bertz CT molecular complexity index is 914. The molecule has 0 aliphatic carbocycles. The third kappa shape index (κ3) is 3.91. The number of fused-ring (bicyclic) bond motifs is 1. The second-order valence-corrected chi connectivity index (χ2v) is 8.64. The SMILES string of the molecule is O=C(CN1C(=O)c2ccccc2S1(=O)=O)NCCSCc1ccccc1. The molecule has 2 aromatic rings. The fourth-order valence-electron chi connectivity index (χ4n) is 2.60. The summed E-state index contributed by atoms with van der Waals surface area (Å²) < 4.78 is 25.4. The Morgan fingerprint density at radius 3 is 2.46 bits per heavy atom. The van der Waals surface area contributed by atoms with Crippen molar-refractivity contribution in [2.75, 3.05) is 18.8 Å². The van der Waals surface area contributed by atoms with Crippen LogP contribution in [0.1, 0.15) is 15.9 Å². The number of sulfonamides is 1. The van der Waals surface area contributed by atoms with Gasteiger partial charge in [0.05, 0.1) is 5.56 Å². The molecule has 0 aromatic heterocycles. The monoisotopic (exact) mass is 390 g/mol. The maximum Gasteiger partial charge on any atom is 0.269 e. The van der Waals surface area contributed by atoms with E-state index >= 15 is 0 Å². The van der Waals surface area contributed by atoms with Crippen molar-refractivity contribution in [2.45, 2.75) is 10.6 Å². The van der Waals surface area contributed by atoms with Crippen LogP contribution in [0.2, 0.25) is 0 Å². The topological polar surface area (TPSA) is 83.6 Å². The maximum absolute atomic E-state index is 12.4. The number of nitrogens with zero attached hydrogens (tertiary/aromatic N) is 1. The Balaban J connectivity index is 1.48. The lowest BCUT2D eigenvalue weighted by molar-refractivity contribution is -0.120. The molecule has 1 aliphatic rings. The lowest BCUT2D eigenvalue weighted by atomic mass is 10.2. The Morgan fingerprint density at radius 2 is 1.73 bits per heavy atom. The molecule has 0 spiro atoms. The quantitative estimate of drug-likeness (QED) is 0.730. The molecule has 6 nitrogen and oxygen atoms in total. The maximum atomic E-state index is 12.4. The summed E-state index contributed by atoms with van der Waals surface area (Å²) >= 11 is 1.67. The molecule has 0 fully saturated rings. The smallest absolute Gasteiger partial charge is 0.269 e. The van der Waals surface area contributed by atoms with E-state index in [9.17, 15) is 18.0 Å². The number of hydrogen-bond donors (Lipinski definition) is 1. The predicted molar refractivity (Wildman–Crippen MR) is 100 cm³/mol. The molecule has 3 rings (SSSR count). The molecule has 26 heavy (non-hydrogen) atoms. The number of carbonyl (C=O) groups excluding carboxylic acids is 2. The van der Waals surface area contributed by atoms with Crippen molar-refractivity contribution in [1.29, 1.82) is 0 Å². The molecule has 1 N–H and O–H groups in total. The number of amides is 2. The van der Waals surface area contributed by atoms with Crippen molar-refractivity contribution in [1.82, 2.24) is 9.62 Å². The number of benzene rings is 2. The van der Waals surface area contributed by atoms with Crippen LogP contribution in [0.15, 0.2) is 59.5 Å². The van der Waals surface area contributed by atoms with Gasteiger partial charge in [-0.25, -0.2) is 12.7 Å². The average molecular weight is 390 g/mol. The van der Waals surface area contributed by atoms with Gasteiger partial charge in [-0.3, -0.25) is 9.59 Å². The third-order valence-corrected chi connectivity index (χ3v) is 6.70. The molecule has 0 saturated heterocycles. The second kappa shape index (κ2) is 7.92. The highest BCUT2D eigenvalue weighted by atomic mass is 32.2. The van der Waals surface area contributed by atoms with Crippen LogP contribution in [0.3, 0.4) is 0 Å². The minimum absolute atomic E-state index is 0.0452. The summed E-state index contributed by atoms with van der Waals surface area (Å²) in [6.07, 6.45) is 0. The van der Waals surface area contributed by atoms with Crippen molar-refractivity contribution >= 4 is 33.6 Å². The first kappa shape index (κ1) is 18.5. The second-order valence-electron chi connectivity index (χ2n) is 5.70. The Morgan fingerprint density at radius 1 is 1.04 bits per heavy atom. The fourth-order valence-corrected chi connectivity index (χ4v) is 4.94. The van der Waals surface area contributed by atoms with E-state index in [0.717, 1.165) is 5.75 Å². The zero-order valence-electron chi connectivity index (χ0n) is 13.9. The first-order valence-electron chi connectivity index (χ1n) is 8.04. The lowest BCUT2D eigenvalue weighted by Crippen LogP contribution is -2.40. The number of hydrogen-bond acceptors (Lipinski definition) is 5. The van der Waals surface area contributed by atoms with Gasteiger partial charge in [0.25, 0.3) is 15.9 Å². The summed E-state index contributed by atoms with van der Waals surface area (Å²) in [6, 6.07) is 16.0.